The molecule has 0 unspecified atom stereocenters. The van der Waals surface area contributed by atoms with Crippen LogP contribution < -0.4 is 5.32 Å². The monoisotopic (exact) mass is 229 g/mol. The highest BCUT2D eigenvalue weighted by atomic mass is 15.2. The van der Waals surface area contributed by atoms with Gasteiger partial charge < -0.3 is 9.88 Å². The molecule has 1 N–H and O–H groups in total. The maximum atomic E-state index is 4.50. The third-order valence-electron chi connectivity index (χ3n) is 2.88. The lowest BCUT2D eigenvalue weighted by Crippen LogP contribution is -2.02. The molecule has 3 heteroatoms. The van der Waals surface area contributed by atoms with E-state index in [1.807, 2.05) is 6.92 Å². The molecule has 3 nitrogen and oxygen atoms in total. The maximum absolute atomic E-state index is 4.50. The molecule has 0 fully saturated rings. The first kappa shape index (κ1) is 11.7. The third-order valence-corrected chi connectivity index (χ3v) is 2.88. The molecule has 0 saturated carbocycles. The summed E-state index contributed by atoms with van der Waals surface area (Å²) in [6, 6.07) is 6.40. The summed E-state index contributed by atoms with van der Waals surface area (Å²) >= 11 is 0. The summed E-state index contributed by atoms with van der Waals surface area (Å²) in [5.41, 5.74) is 4.66. The van der Waals surface area contributed by atoms with Gasteiger partial charge in [-0.2, -0.15) is 0 Å². The number of benzene rings is 1. The standard InChI is InChI=1S/C14H19N3/c1-5-17-9-12(4)15-14(17)16-13-8-10(2)6-7-11(13)3/h6-9H,5H2,1-4H3,(H,15,16). The first-order chi connectivity index (χ1) is 8.10. The summed E-state index contributed by atoms with van der Waals surface area (Å²) in [4.78, 5) is 4.50. The van der Waals surface area contributed by atoms with Crippen LogP contribution in [0.4, 0.5) is 11.6 Å². The van der Waals surface area contributed by atoms with Crippen molar-refractivity contribution < 1.29 is 0 Å². The van der Waals surface area contributed by atoms with Gasteiger partial charge in [-0.05, 0) is 44.9 Å². The number of hydrogen-bond acceptors (Lipinski definition) is 2. The second kappa shape index (κ2) is 4.62. The van der Waals surface area contributed by atoms with E-state index in [1.165, 1.54) is 11.1 Å². The van der Waals surface area contributed by atoms with E-state index >= 15 is 0 Å². The Bertz CT molecular complexity index is 526. The van der Waals surface area contributed by atoms with Gasteiger partial charge >= 0.3 is 0 Å². The van der Waals surface area contributed by atoms with E-state index in [9.17, 15) is 0 Å². The summed E-state index contributed by atoms with van der Waals surface area (Å²) in [7, 11) is 0. The van der Waals surface area contributed by atoms with Crippen LogP contribution in [0.15, 0.2) is 24.4 Å². The van der Waals surface area contributed by atoms with Crippen LogP contribution in [0.1, 0.15) is 23.7 Å². The van der Waals surface area contributed by atoms with Gasteiger partial charge in [0.05, 0.1) is 5.69 Å². The van der Waals surface area contributed by atoms with Crippen molar-refractivity contribution in [2.75, 3.05) is 5.32 Å². The van der Waals surface area contributed by atoms with E-state index in [0.717, 1.165) is 23.9 Å². The average Bonchev–Trinajstić information content (AvgIpc) is 2.64. The molecule has 0 radical (unpaired) electrons. The Morgan fingerprint density at radius 2 is 2.00 bits per heavy atom. The molecule has 0 bridgehead atoms. The van der Waals surface area contributed by atoms with Gasteiger partial charge in [-0.25, -0.2) is 4.98 Å². The Morgan fingerprint density at radius 3 is 2.71 bits per heavy atom. The average molecular weight is 229 g/mol. The van der Waals surface area contributed by atoms with Crippen molar-refractivity contribution in [2.45, 2.75) is 34.2 Å². The lowest BCUT2D eigenvalue weighted by Gasteiger charge is -2.11. The molecule has 1 aromatic heterocycles. The molecule has 0 aliphatic rings. The van der Waals surface area contributed by atoms with Crippen molar-refractivity contribution in [2.24, 2.45) is 0 Å². The van der Waals surface area contributed by atoms with Crippen LogP contribution in [-0.4, -0.2) is 9.55 Å². The second-order valence-electron chi connectivity index (χ2n) is 4.44. The van der Waals surface area contributed by atoms with Gasteiger partial charge in [0.2, 0.25) is 5.95 Å². The van der Waals surface area contributed by atoms with Crippen LogP contribution in [0, 0.1) is 20.8 Å². The zero-order valence-electron chi connectivity index (χ0n) is 10.9. The fourth-order valence-electron chi connectivity index (χ4n) is 1.88. The highest BCUT2D eigenvalue weighted by Gasteiger charge is 2.06. The normalized spacial score (nSPS) is 10.6. The number of nitrogens with zero attached hydrogens (tertiary/aromatic N) is 2. The lowest BCUT2D eigenvalue weighted by molar-refractivity contribution is 0.771. The minimum atomic E-state index is 0.915. The molecule has 1 aromatic carbocycles. The highest BCUT2D eigenvalue weighted by molar-refractivity contribution is 5.59. The van der Waals surface area contributed by atoms with Crippen LogP contribution >= 0.6 is 0 Å². The molecule has 0 spiro atoms. The van der Waals surface area contributed by atoms with E-state index in [1.54, 1.807) is 0 Å². The molecular formula is C14H19N3. The Kier molecular flexibility index (Phi) is 3.18. The third kappa shape index (κ3) is 2.49. The number of imidazole rings is 1. The maximum Gasteiger partial charge on any atom is 0.207 e. The SMILES string of the molecule is CCn1cc(C)nc1Nc1cc(C)ccc1C. The van der Waals surface area contributed by atoms with Gasteiger partial charge in [-0.1, -0.05) is 12.1 Å². The predicted octanol–water partition coefficient (Wildman–Crippen LogP) is 3.57. The number of aryl methyl sites for hydroxylation is 4. The summed E-state index contributed by atoms with van der Waals surface area (Å²) < 4.78 is 2.12. The quantitative estimate of drug-likeness (QED) is 0.872. The van der Waals surface area contributed by atoms with E-state index in [4.69, 9.17) is 0 Å². The minimum absolute atomic E-state index is 0.915. The molecular weight excluding hydrogens is 210 g/mol. The molecule has 0 saturated heterocycles. The van der Waals surface area contributed by atoms with Gasteiger partial charge in [0, 0.05) is 18.4 Å². The van der Waals surface area contributed by atoms with Crippen LogP contribution in [0.2, 0.25) is 0 Å². The summed E-state index contributed by atoms with van der Waals surface area (Å²) in [5.74, 6) is 0.915. The number of hydrogen-bond donors (Lipinski definition) is 1. The van der Waals surface area contributed by atoms with E-state index < -0.39 is 0 Å². The first-order valence-corrected chi connectivity index (χ1v) is 5.98. The van der Waals surface area contributed by atoms with Crippen LogP contribution in [-0.2, 0) is 6.54 Å². The van der Waals surface area contributed by atoms with Crippen molar-refractivity contribution in [3.8, 4) is 0 Å². The lowest BCUT2D eigenvalue weighted by atomic mass is 10.1. The Hall–Kier alpha value is -1.77. The molecule has 2 aromatic rings. The van der Waals surface area contributed by atoms with E-state index in [0.29, 0.717) is 0 Å². The van der Waals surface area contributed by atoms with E-state index in [2.05, 4.69) is 60.0 Å². The first-order valence-electron chi connectivity index (χ1n) is 5.98. The molecule has 0 aliphatic carbocycles. The zero-order chi connectivity index (χ0) is 12.4. The predicted molar refractivity (Wildman–Crippen MR) is 71.8 cm³/mol. The molecule has 17 heavy (non-hydrogen) atoms. The van der Waals surface area contributed by atoms with Crippen molar-refractivity contribution in [1.82, 2.24) is 9.55 Å². The van der Waals surface area contributed by atoms with Gasteiger partial charge in [0.15, 0.2) is 0 Å². The molecule has 1 heterocycles. The van der Waals surface area contributed by atoms with Gasteiger partial charge in [0.1, 0.15) is 0 Å². The fourth-order valence-corrected chi connectivity index (χ4v) is 1.88. The largest absolute Gasteiger partial charge is 0.325 e. The number of aromatic nitrogens is 2. The zero-order valence-corrected chi connectivity index (χ0v) is 10.9. The van der Waals surface area contributed by atoms with Gasteiger partial charge in [-0.15, -0.1) is 0 Å². The van der Waals surface area contributed by atoms with Gasteiger partial charge in [-0.3, -0.25) is 0 Å². The Labute approximate surface area is 103 Å². The Balaban J connectivity index is 2.33. The molecule has 0 amide bonds. The smallest absolute Gasteiger partial charge is 0.207 e. The number of anilines is 2. The van der Waals surface area contributed by atoms with Crippen molar-refractivity contribution >= 4 is 11.6 Å². The van der Waals surface area contributed by atoms with Crippen LogP contribution in [0.3, 0.4) is 0 Å². The fraction of sp³-hybridized carbons (Fsp3) is 0.357. The Morgan fingerprint density at radius 1 is 1.24 bits per heavy atom. The second-order valence-corrected chi connectivity index (χ2v) is 4.44. The molecule has 2 rings (SSSR count). The summed E-state index contributed by atoms with van der Waals surface area (Å²) in [6.07, 6.45) is 2.06. The molecule has 0 aliphatic heterocycles. The highest BCUT2D eigenvalue weighted by Crippen LogP contribution is 2.21. The number of nitrogens with one attached hydrogen (secondary N) is 1. The van der Waals surface area contributed by atoms with Crippen molar-refractivity contribution in [3.05, 3.63) is 41.2 Å². The summed E-state index contributed by atoms with van der Waals surface area (Å²) in [5, 5.41) is 3.41. The van der Waals surface area contributed by atoms with Crippen molar-refractivity contribution in [3.63, 3.8) is 0 Å². The van der Waals surface area contributed by atoms with Crippen molar-refractivity contribution in [1.29, 1.82) is 0 Å². The summed E-state index contributed by atoms with van der Waals surface area (Å²) in [6.45, 7) is 9.26. The van der Waals surface area contributed by atoms with Crippen LogP contribution in [0.5, 0.6) is 0 Å². The number of rotatable bonds is 3. The van der Waals surface area contributed by atoms with Gasteiger partial charge in [0.25, 0.3) is 0 Å². The molecule has 0 atom stereocenters. The van der Waals surface area contributed by atoms with E-state index in [-0.39, 0.29) is 0 Å². The molecule has 90 valence electrons. The topological polar surface area (TPSA) is 29.9 Å². The minimum Gasteiger partial charge on any atom is -0.325 e. The van der Waals surface area contributed by atoms with Crippen LogP contribution in [0.25, 0.3) is 0 Å².